The molecule has 1 radical (unpaired) electrons. The molecular formula is C5H9NOV. The van der Waals surface area contributed by atoms with Crippen LogP contribution in [-0.4, -0.2) is 5.78 Å². The van der Waals surface area contributed by atoms with Crippen molar-refractivity contribution in [2.24, 2.45) is 0 Å². The third-order valence-corrected chi connectivity index (χ3v) is 0. The topological polar surface area (TPSA) is 40.9 Å². The van der Waals surface area contributed by atoms with Crippen LogP contribution in [0.1, 0.15) is 20.8 Å². The first-order valence-corrected chi connectivity index (χ1v) is 1.93. The van der Waals surface area contributed by atoms with Crippen molar-refractivity contribution in [2.45, 2.75) is 20.8 Å². The molecule has 0 saturated heterocycles. The van der Waals surface area contributed by atoms with Crippen LogP contribution in [0.15, 0.2) is 0 Å². The number of carbonyl (C=O) groups excluding carboxylic acids is 1. The summed E-state index contributed by atoms with van der Waals surface area (Å²) in [6.45, 7) is 4.49. The molecule has 8 heavy (non-hydrogen) atoms. The number of rotatable bonds is 0. The van der Waals surface area contributed by atoms with Crippen LogP contribution in [0.3, 0.4) is 0 Å². The van der Waals surface area contributed by atoms with E-state index in [1.165, 1.54) is 20.8 Å². The molecule has 0 spiro atoms. The molecule has 3 heteroatoms. The fraction of sp³-hybridized carbons (Fsp3) is 0.600. The maximum atomic E-state index is 9.44. The Labute approximate surface area is 61.8 Å². The van der Waals surface area contributed by atoms with Crippen molar-refractivity contribution in [1.82, 2.24) is 0 Å². The number of nitriles is 1. The number of ketones is 1. The number of hydrogen-bond acceptors (Lipinski definition) is 2. The van der Waals surface area contributed by atoms with Crippen LogP contribution < -0.4 is 0 Å². The molecule has 0 aromatic rings. The molecule has 0 heterocycles. The Bertz CT molecular complexity index is 80.9. The number of Topliss-reactive ketones (excluding diaryl/α,β-unsaturated/α-hetero) is 1. The van der Waals surface area contributed by atoms with E-state index in [9.17, 15) is 4.79 Å². The molecule has 0 aliphatic rings. The zero-order valence-electron chi connectivity index (χ0n) is 5.30. The van der Waals surface area contributed by atoms with Gasteiger partial charge in [-0.3, -0.25) is 0 Å². The van der Waals surface area contributed by atoms with E-state index in [1.807, 2.05) is 0 Å². The summed E-state index contributed by atoms with van der Waals surface area (Å²) in [5.41, 5.74) is 0. The summed E-state index contributed by atoms with van der Waals surface area (Å²) < 4.78 is 0. The Balaban J connectivity index is -0.0000000575. The number of hydrogen-bond donors (Lipinski definition) is 0. The third-order valence-electron chi connectivity index (χ3n) is 0. The fourth-order valence-electron chi connectivity index (χ4n) is 0. The Morgan fingerprint density at radius 1 is 1.50 bits per heavy atom. The van der Waals surface area contributed by atoms with Crippen molar-refractivity contribution >= 4 is 5.78 Å². The van der Waals surface area contributed by atoms with Gasteiger partial charge < -0.3 is 4.79 Å². The van der Waals surface area contributed by atoms with Gasteiger partial charge in [-0.05, 0) is 13.8 Å². The fourth-order valence-corrected chi connectivity index (χ4v) is 0. The molecule has 0 saturated carbocycles. The summed E-state index contributed by atoms with van der Waals surface area (Å²) in [6.07, 6.45) is 0. The largest absolute Gasteiger partial charge is 0.300 e. The Kier molecular flexibility index (Phi) is 31.1. The standard InChI is InChI=1S/C3H6O.C2H3N.V/c1-3(2)4;1-2-3;/h1-2H3;1H3;. The second-order valence-electron chi connectivity index (χ2n) is 1.13. The van der Waals surface area contributed by atoms with Crippen molar-refractivity contribution in [3.8, 4) is 6.07 Å². The first-order valence-electron chi connectivity index (χ1n) is 1.93. The minimum Gasteiger partial charge on any atom is -0.300 e. The van der Waals surface area contributed by atoms with Crippen molar-refractivity contribution in [3.63, 3.8) is 0 Å². The van der Waals surface area contributed by atoms with E-state index in [-0.39, 0.29) is 24.3 Å². The molecule has 0 aliphatic carbocycles. The van der Waals surface area contributed by atoms with Gasteiger partial charge in [-0.1, -0.05) is 0 Å². The van der Waals surface area contributed by atoms with E-state index in [0.29, 0.717) is 0 Å². The normalized spacial score (nSPS) is 4.25. The van der Waals surface area contributed by atoms with E-state index in [4.69, 9.17) is 5.26 Å². The van der Waals surface area contributed by atoms with E-state index in [0.717, 1.165) is 0 Å². The molecule has 0 rings (SSSR count). The van der Waals surface area contributed by atoms with E-state index in [2.05, 4.69) is 0 Å². The van der Waals surface area contributed by atoms with Gasteiger partial charge in [0.25, 0.3) is 0 Å². The van der Waals surface area contributed by atoms with Crippen LogP contribution in [0, 0.1) is 11.3 Å². The van der Waals surface area contributed by atoms with Crippen LogP contribution in [-0.2, 0) is 23.4 Å². The van der Waals surface area contributed by atoms with Gasteiger partial charge >= 0.3 is 0 Å². The number of nitrogens with zero attached hydrogens (tertiary/aromatic N) is 1. The van der Waals surface area contributed by atoms with Gasteiger partial charge in [-0.2, -0.15) is 5.26 Å². The van der Waals surface area contributed by atoms with Gasteiger partial charge in [-0.15, -0.1) is 0 Å². The predicted octanol–water partition coefficient (Wildman–Crippen LogP) is 1.12. The molecule has 0 N–H and O–H groups in total. The summed E-state index contributed by atoms with van der Waals surface area (Å²) in [4.78, 5) is 9.44. The van der Waals surface area contributed by atoms with Gasteiger partial charge in [0.15, 0.2) is 0 Å². The van der Waals surface area contributed by atoms with Gasteiger partial charge in [0.1, 0.15) is 5.78 Å². The third kappa shape index (κ3) is 1980. The Morgan fingerprint density at radius 3 is 1.50 bits per heavy atom. The molecule has 0 aromatic heterocycles. The second kappa shape index (κ2) is 15.9. The zero-order chi connectivity index (χ0) is 6.28. The van der Waals surface area contributed by atoms with Gasteiger partial charge in [0.05, 0.1) is 6.07 Å². The first kappa shape index (κ1) is 15.6. The summed E-state index contributed by atoms with van der Waals surface area (Å²) in [5.74, 6) is 0.167. The van der Waals surface area contributed by atoms with Crippen LogP contribution in [0.4, 0.5) is 0 Å². The quantitative estimate of drug-likeness (QED) is 0.519. The molecule has 0 atom stereocenters. The van der Waals surface area contributed by atoms with Gasteiger partial charge in [-0.25, -0.2) is 0 Å². The van der Waals surface area contributed by atoms with Crippen LogP contribution >= 0.6 is 0 Å². The van der Waals surface area contributed by atoms with Crippen molar-refractivity contribution in [1.29, 1.82) is 5.26 Å². The number of carbonyl (C=O) groups is 1. The molecule has 45 valence electrons. The minimum atomic E-state index is 0. The van der Waals surface area contributed by atoms with Gasteiger partial charge in [0.2, 0.25) is 0 Å². The summed E-state index contributed by atoms with van der Waals surface area (Å²) in [6, 6.07) is 1.75. The van der Waals surface area contributed by atoms with Crippen LogP contribution in [0.5, 0.6) is 0 Å². The Morgan fingerprint density at radius 2 is 1.50 bits per heavy atom. The molecule has 0 aliphatic heterocycles. The van der Waals surface area contributed by atoms with E-state index in [1.54, 1.807) is 6.07 Å². The summed E-state index contributed by atoms with van der Waals surface area (Å²) >= 11 is 0. The molecule has 0 bridgehead atoms. The average molecular weight is 150 g/mol. The van der Waals surface area contributed by atoms with Crippen molar-refractivity contribution in [2.75, 3.05) is 0 Å². The first-order chi connectivity index (χ1) is 3.15. The molecule has 2 nitrogen and oxygen atoms in total. The van der Waals surface area contributed by atoms with Crippen molar-refractivity contribution < 1.29 is 23.4 Å². The SMILES string of the molecule is CC#N.CC(C)=O.[V]. The van der Waals surface area contributed by atoms with E-state index < -0.39 is 0 Å². The predicted molar refractivity (Wildman–Crippen MR) is 27.6 cm³/mol. The van der Waals surface area contributed by atoms with E-state index >= 15 is 0 Å². The van der Waals surface area contributed by atoms with Crippen LogP contribution in [0.2, 0.25) is 0 Å². The maximum Gasteiger partial charge on any atom is 0.126 e. The zero-order valence-corrected chi connectivity index (χ0v) is 6.70. The van der Waals surface area contributed by atoms with Crippen molar-refractivity contribution in [3.05, 3.63) is 0 Å². The summed E-state index contributed by atoms with van der Waals surface area (Å²) in [7, 11) is 0. The smallest absolute Gasteiger partial charge is 0.126 e. The molecule has 0 unspecified atom stereocenters. The molecule has 0 amide bonds. The molecular weight excluding hydrogens is 141 g/mol. The van der Waals surface area contributed by atoms with Crippen LogP contribution in [0.25, 0.3) is 0 Å². The Hall–Kier alpha value is -0.256. The minimum absolute atomic E-state index is 0. The molecule has 0 aromatic carbocycles. The second-order valence-corrected chi connectivity index (χ2v) is 1.13. The molecule has 0 fully saturated rings. The maximum absolute atomic E-state index is 9.44. The average Bonchev–Trinajstić information content (AvgIpc) is 1.33. The van der Waals surface area contributed by atoms with Gasteiger partial charge in [0, 0.05) is 25.5 Å². The monoisotopic (exact) mass is 150 g/mol. The summed E-state index contributed by atoms with van der Waals surface area (Å²) in [5, 5.41) is 7.32.